The van der Waals surface area contributed by atoms with Crippen molar-refractivity contribution < 1.29 is 4.79 Å². The summed E-state index contributed by atoms with van der Waals surface area (Å²) in [6.45, 7) is 5.03. The zero-order valence-electron chi connectivity index (χ0n) is 13.7. The number of amides is 1. The minimum atomic E-state index is 0. The van der Waals surface area contributed by atoms with Crippen LogP contribution in [0, 0.1) is 11.8 Å². The summed E-state index contributed by atoms with van der Waals surface area (Å²) in [5, 5.41) is 7.50. The average molecular weight is 342 g/mol. The van der Waals surface area contributed by atoms with E-state index in [0.717, 1.165) is 37.9 Å². The number of hydrogen-bond acceptors (Lipinski definition) is 4. The highest BCUT2D eigenvalue weighted by Gasteiger charge is 2.28. The Morgan fingerprint density at radius 2 is 1.83 bits per heavy atom. The molecule has 3 heterocycles. The molecule has 2 saturated heterocycles. The predicted octanol–water partition coefficient (Wildman–Crippen LogP) is 1.72. The molecule has 0 aromatic carbocycles. The Morgan fingerprint density at radius 3 is 2.48 bits per heavy atom. The summed E-state index contributed by atoms with van der Waals surface area (Å²) in [5.74, 6) is 2.02. The van der Waals surface area contributed by atoms with Gasteiger partial charge in [0, 0.05) is 26.1 Å². The van der Waals surface area contributed by atoms with E-state index in [2.05, 4.69) is 20.3 Å². The van der Waals surface area contributed by atoms with Crippen molar-refractivity contribution >= 4 is 18.3 Å². The van der Waals surface area contributed by atoms with Crippen LogP contribution in [0.25, 0.3) is 0 Å². The van der Waals surface area contributed by atoms with Gasteiger partial charge >= 0.3 is 0 Å². The lowest BCUT2D eigenvalue weighted by Crippen LogP contribution is -2.42. The van der Waals surface area contributed by atoms with Gasteiger partial charge in [0.2, 0.25) is 5.91 Å². The molecule has 0 atom stereocenters. The Kier molecular flexibility index (Phi) is 7.30. The molecule has 1 amide bonds. The van der Waals surface area contributed by atoms with Crippen molar-refractivity contribution in [2.24, 2.45) is 11.8 Å². The standard InChI is InChI=1S/C16H27N5O.ClH/c22-16(2-1-9-21-13-18-12-19-21)20-10-5-15(6-11-20)14-3-7-17-8-4-14;/h12-15,17H,1-11H2;1H. The van der Waals surface area contributed by atoms with Crippen LogP contribution in [-0.4, -0.2) is 51.8 Å². The van der Waals surface area contributed by atoms with E-state index in [4.69, 9.17) is 0 Å². The molecule has 0 bridgehead atoms. The number of carbonyl (C=O) groups excluding carboxylic acids is 1. The minimum absolute atomic E-state index is 0. The van der Waals surface area contributed by atoms with E-state index in [1.54, 1.807) is 11.0 Å². The topological polar surface area (TPSA) is 63.1 Å². The van der Waals surface area contributed by atoms with Gasteiger partial charge in [-0.1, -0.05) is 0 Å². The second kappa shape index (κ2) is 9.23. The van der Waals surface area contributed by atoms with Gasteiger partial charge in [0.1, 0.15) is 12.7 Å². The number of nitrogens with one attached hydrogen (secondary N) is 1. The molecule has 0 spiro atoms. The molecule has 130 valence electrons. The molecule has 1 aromatic rings. The molecule has 2 aliphatic heterocycles. The molecule has 0 aliphatic carbocycles. The van der Waals surface area contributed by atoms with Crippen molar-refractivity contribution in [3.8, 4) is 0 Å². The molecule has 0 saturated carbocycles. The van der Waals surface area contributed by atoms with E-state index in [1.807, 2.05) is 0 Å². The highest BCUT2D eigenvalue weighted by Crippen LogP contribution is 2.30. The lowest BCUT2D eigenvalue weighted by molar-refractivity contribution is -0.133. The summed E-state index contributed by atoms with van der Waals surface area (Å²) in [7, 11) is 0. The van der Waals surface area contributed by atoms with E-state index >= 15 is 0 Å². The number of likely N-dealkylation sites (tertiary alicyclic amines) is 1. The molecule has 2 fully saturated rings. The highest BCUT2D eigenvalue weighted by molar-refractivity contribution is 5.85. The average Bonchev–Trinajstić information content (AvgIpc) is 3.09. The quantitative estimate of drug-likeness (QED) is 0.885. The van der Waals surface area contributed by atoms with Crippen LogP contribution in [0.5, 0.6) is 0 Å². The Morgan fingerprint density at radius 1 is 1.13 bits per heavy atom. The Bertz CT molecular complexity index is 453. The van der Waals surface area contributed by atoms with Gasteiger partial charge in [0.25, 0.3) is 0 Å². The number of rotatable bonds is 5. The molecule has 7 heteroatoms. The molecular formula is C16H28ClN5O. The predicted molar refractivity (Wildman–Crippen MR) is 91.4 cm³/mol. The first-order chi connectivity index (χ1) is 10.8. The fraction of sp³-hybridized carbons (Fsp3) is 0.812. The van der Waals surface area contributed by atoms with Crippen molar-refractivity contribution in [1.82, 2.24) is 25.0 Å². The maximum Gasteiger partial charge on any atom is 0.222 e. The number of hydrogen-bond donors (Lipinski definition) is 1. The first kappa shape index (κ1) is 18.2. The fourth-order valence-electron chi connectivity index (χ4n) is 3.83. The number of carbonyl (C=O) groups is 1. The molecule has 0 unspecified atom stereocenters. The summed E-state index contributed by atoms with van der Waals surface area (Å²) in [6, 6.07) is 0. The molecule has 6 nitrogen and oxygen atoms in total. The van der Waals surface area contributed by atoms with Gasteiger partial charge in [-0.05, 0) is 57.0 Å². The molecule has 23 heavy (non-hydrogen) atoms. The maximum absolute atomic E-state index is 12.3. The number of aryl methyl sites for hydroxylation is 1. The summed E-state index contributed by atoms with van der Waals surface area (Å²) in [5.41, 5.74) is 0. The fourth-order valence-corrected chi connectivity index (χ4v) is 3.83. The second-order valence-electron chi connectivity index (χ2n) is 6.57. The van der Waals surface area contributed by atoms with Crippen LogP contribution in [0.4, 0.5) is 0 Å². The highest BCUT2D eigenvalue weighted by atomic mass is 35.5. The van der Waals surface area contributed by atoms with Crippen LogP contribution in [0.15, 0.2) is 12.7 Å². The summed E-state index contributed by atoms with van der Waals surface area (Å²) >= 11 is 0. The van der Waals surface area contributed by atoms with Gasteiger partial charge < -0.3 is 10.2 Å². The van der Waals surface area contributed by atoms with Crippen LogP contribution in [0.1, 0.15) is 38.5 Å². The SMILES string of the molecule is Cl.O=C(CCCn1cncn1)N1CCC(C2CCNCC2)CC1. The molecular weight excluding hydrogens is 314 g/mol. The zero-order chi connectivity index (χ0) is 15.2. The summed E-state index contributed by atoms with van der Waals surface area (Å²) in [6.07, 6.45) is 9.72. The number of nitrogens with zero attached hydrogens (tertiary/aromatic N) is 4. The van der Waals surface area contributed by atoms with Crippen LogP contribution >= 0.6 is 12.4 Å². The molecule has 0 radical (unpaired) electrons. The summed E-state index contributed by atoms with van der Waals surface area (Å²) < 4.78 is 1.79. The van der Waals surface area contributed by atoms with Gasteiger partial charge in [-0.25, -0.2) is 4.98 Å². The van der Waals surface area contributed by atoms with E-state index in [-0.39, 0.29) is 12.4 Å². The summed E-state index contributed by atoms with van der Waals surface area (Å²) in [4.78, 5) is 18.3. The number of aromatic nitrogens is 3. The van der Waals surface area contributed by atoms with Gasteiger partial charge in [-0.15, -0.1) is 12.4 Å². The van der Waals surface area contributed by atoms with Gasteiger partial charge in [0.15, 0.2) is 0 Å². The van der Waals surface area contributed by atoms with E-state index in [1.165, 1.54) is 45.1 Å². The smallest absolute Gasteiger partial charge is 0.222 e. The van der Waals surface area contributed by atoms with Crippen molar-refractivity contribution in [1.29, 1.82) is 0 Å². The van der Waals surface area contributed by atoms with Crippen molar-refractivity contribution in [2.45, 2.75) is 45.1 Å². The second-order valence-corrected chi connectivity index (χ2v) is 6.57. The molecule has 2 aliphatic rings. The monoisotopic (exact) mass is 341 g/mol. The molecule has 3 rings (SSSR count). The normalized spacial score (nSPS) is 20.3. The first-order valence-electron chi connectivity index (χ1n) is 8.64. The van der Waals surface area contributed by atoms with E-state index in [0.29, 0.717) is 12.3 Å². The van der Waals surface area contributed by atoms with E-state index < -0.39 is 0 Å². The third kappa shape index (κ3) is 5.18. The van der Waals surface area contributed by atoms with Crippen LogP contribution < -0.4 is 5.32 Å². The lowest BCUT2D eigenvalue weighted by atomic mass is 9.79. The molecule has 1 N–H and O–H groups in total. The van der Waals surface area contributed by atoms with Crippen LogP contribution in [0.3, 0.4) is 0 Å². The van der Waals surface area contributed by atoms with Crippen molar-refractivity contribution in [2.75, 3.05) is 26.2 Å². The Balaban J connectivity index is 0.00000192. The first-order valence-corrected chi connectivity index (χ1v) is 8.64. The zero-order valence-corrected chi connectivity index (χ0v) is 14.5. The van der Waals surface area contributed by atoms with E-state index in [9.17, 15) is 4.79 Å². The molecule has 1 aromatic heterocycles. The van der Waals surface area contributed by atoms with Crippen molar-refractivity contribution in [3.63, 3.8) is 0 Å². The number of halogens is 1. The third-order valence-electron chi connectivity index (χ3n) is 5.19. The number of piperidine rings is 2. The van der Waals surface area contributed by atoms with Gasteiger partial charge in [0.05, 0.1) is 0 Å². The lowest BCUT2D eigenvalue weighted by Gasteiger charge is -2.37. The minimum Gasteiger partial charge on any atom is -0.343 e. The van der Waals surface area contributed by atoms with Crippen LogP contribution in [0.2, 0.25) is 0 Å². The largest absolute Gasteiger partial charge is 0.343 e. The maximum atomic E-state index is 12.3. The Hall–Kier alpha value is -1.14. The van der Waals surface area contributed by atoms with Crippen LogP contribution in [-0.2, 0) is 11.3 Å². The van der Waals surface area contributed by atoms with Crippen molar-refractivity contribution in [3.05, 3.63) is 12.7 Å². The third-order valence-corrected chi connectivity index (χ3v) is 5.19. The van der Waals surface area contributed by atoms with Gasteiger partial charge in [-0.2, -0.15) is 5.10 Å². The van der Waals surface area contributed by atoms with Gasteiger partial charge in [-0.3, -0.25) is 9.48 Å². The Labute approximate surface area is 144 Å².